The highest BCUT2D eigenvalue weighted by atomic mass is 32.2. The van der Waals surface area contributed by atoms with Gasteiger partial charge in [-0.1, -0.05) is 6.07 Å². The molecule has 1 aromatic carbocycles. The van der Waals surface area contributed by atoms with Crippen LogP contribution in [-0.4, -0.2) is 15.0 Å². The number of nitriles is 2. The lowest BCUT2D eigenvalue weighted by Crippen LogP contribution is -2.25. The Balaban J connectivity index is 2.92. The largest absolute Gasteiger partial charge is 0.240 e. The predicted octanol–water partition coefficient (Wildman–Crippen LogP) is 1.45. The summed E-state index contributed by atoms with van der Waals surface area (Å²) in [5, 5.41) is 17.1. The number of hydrogen-bond acceptors (Lipinski definition) is 4. The van der Waals surface area contributed by atoms with E-state index in [1.807, 2.05) is 12.1 Å². The number of benzene rings is 1. The Morgan fingerprint density at radius 1 is 1.33 bits per heavy atom. The molecule has 0 saturated carbocycles. The average molecular weight is 263 g/mol. The van der Waals surface area contributed by atoms with Crippen molar-refractivity contribution >= 4 is 10.0 Å². The first-order valence-corrected chi connectivity index (χ1v) is 6.87. The van der Waals surface area contributed by atoms with Crippen LogP contribution in [0.25, 0.3) is 0 Å². The van der Waals surface area contributed by atoms with Crippen molar-refractivity contribution in [3.05, 3.63) is 29.3 Å². The molecular formula is C12H13N3O2S. The number of aryl methyl sites for hydroxylation is 1. The molecule has 0 spiro atoms. The molecule has 0 radical (unpaired) electrons. The Labute approximate surface area is 107 Å². The summed E-state index contributed by atoms with van der Waals surface area (Å²) in [6.07, 6.45) is 0.770. The lowest BCUT2D eigenvalue weighted by atomic mass is 10.2. The van der Waals surface area contributed by atoms with E-state index in [4.69, 9.17) is 10.5 Å². The van der Waals surface area contributed by atoms with Gasteiger partial charge in [0.15, 0.2) is 0 Å². The van der Waals surface area contributed by atoms with E-state index >= 15 is 0 Å². The van der Waals surface area contributed by atoms with Crippen molar-refractivity contribution in [3.63, 3.8) is 0 Å². The van der Waals surface area contributed by atoms with Crippen molar-refractivity contribution in [3.8, 4) is 12.1 Å². The van der Waals surface area contributed by atoms with E-state index in [-0.39, 0.29) is 11.4 Å². The summed E-state index contributed by atoms with van der Waals surface area (Å²) < 4.78 is 26.4. The Kier molecular flexibility index (Phi) is 4.85. The molecule has 0 unspecified atom stereocenters. The Morgan fingerprint density at radius 2 is 2.06 bits per heavy atom. The topological polar surface area (TPSA) is 93.8 Å². The first-order chi connectivity index (χ1) is 8.51. The molecule has 0 aliphatic carbocycles. The fraction of sp³-hybridized carbons (Fsp3) is 0.333. The Morgan fingerprint density at radius 3 is 2.67 bits per heavy atom. The number of sulfonamides is 1. The van der Waals surface area contributed by atoms with Crippen molar-refractivity contribution in [2.45, 2.75) is 24.7 Å². The lowest BCUT2D eigenvalue weighted by Gasteiger charge is -2.08. The summed E-state index contributed by atoms with van der Waals surface area (Å²) in [4.78, 5) is 0.110. The van der Waals surface area contributed by atoms with Gasteiger partial charge in [0.25, 0.3) is 0 Å². The van der Waals surface area contributed by atoms with Gasteiger partial charge < -0.3 is 0 Å². The van der Waals surface area contributed by atoms with E-state index in [2.05, 4.69) is 4.72 Å². The van der Waals surface area contributed by atoms with Crippen molar-refractivity contribution in [2.75, 3.05) is 6.54 Å². The molecule has 0 aliphatic heterocycles. The Hall–Kier alpha value is -1.89. The van der Waals surface area contributed by atoms with E-state index in [1.165, 1.54) is 6.07 Å². The minimum Gasteiger partial charge on any atom is -0.211 e. The summed E-state index contributed by atoms with van der Waals surface area (Å²) in [5.41, 5.74) is 0.889. The normalized spacial score (nSPS) is 10.6. The maximum absolute atomic E-state index is 12.0. The van der Waals surface area contributed by atoms with Crippen LogP contribution < -0.4 is 4.72 Å². The Bertz CT molecular complexity index is 609. The molecule has 0 heterocycles. The van der Waals surface area contributed by atoms with E-state index in [0.29, 0.717) is 24.0 Å². The highest BCUT2D eigenvalue weighted by Crippen LogP contribution is 2.16. The van der Waals surface area contributed by atoms with Crippen molar-refractivity contribution < 1.29 is 8.42 Å². The van der Waals surface area contributed by atoms with Gasteiger partial charge >= 0.3 is 0 Å². The first kappa shape index (κ1) is 14.2. The second-order valence-electron chi connectivity index (χ2n) is 3.75. The highest BCUT2D eigenvalue weighted by Gasteiger charge is 2.16. The predicted molar refractivity (Wildman–Crippen MR) is 65.9 cm³/mol. The highest BCUT2D eigenvalue weighted by molar-refractivity contribution is 7.89. The molecule has 0 saturated heterocycles. The molecule has 1 rings (SSSR count). The number of nitrogens with one attached hydrogen (secondary N) is 1. The van der Waals surface area contributed by atoms with Gasteiger partial charge in [0.1, 0.15) is 0 Å². The summed E-state index contributed by atoms with van der Waals surface area (Å²) in [5.74, 6) is 0. The average Bonchev–Trinajstić information content (AvgIpc) is 2.35. The third kappa shape index (κ3) is 3.56. The van der Waals surface area contributed by atoms with Gasteiger partial charge in [0.2, 0.25) is 10.0 Å². The molecule has 0 fully saturated rings. The molecular weight excluding hydrogens is 250 g/mol. The third-order valence-corrected chi connectivity index (χ3v) is 3.97. The molecule has 0 atom stereocenters. The minimum absolute atomic E-state index is 0.110. The van der Waals surface area contributed by atoms with Crippen LogP contribution in [0.2, 0.25) is 0 Å². The van der Waals surface area contributed by atoms with E-state index in [0.717, 1.165) is 0 Å². The number of unbranched alkanes of at least 4 members (excludes halogenated alkanes) is 1. The quantitative estimate of drug-likeness (QED) is 0.813. The molecule has 94 valence electrons. The van der Waals surface area contributed by atoms with Gasteiger partial charge in [-0.25, -0.2) is 13.1 Å². The van der Waals surface area contributed by atoms with Gasteiger partial charge in [-0.15, -0.1) is 0 Å². The number of nitrogens with zero attached hydrogens (tertiary/aromatic N) is 2. The number of hydrogen-bond donors (Lipinski definition) is 1. The van der Waals surface area contributed by atoms with Crippen LogP contribution >= 0.6 is 0 Å². The molecule has 0 bridgehead atoms. The van der Waals surface area contributed by atoms with E-state index < -0.39 is 10.0 Å². The zero-order chi connectivity index (χ0) is 13.6. The van der Waals surface area contributed by atoms with Gasteiger partial charge in [-0.05, 0) is 31.0 Å². The van der Waals surface area contributed by atoms with Crippen LogP contribution in [0, 0.1) is 29.6 Å². The lowest BCUT2D eigenvalue weighted by molar-refractivity contribution is 0.579. The van der Waals surface area contributed by atoms with Crippen LogP contribution in [0.5, 0.6) is 0 Å². The summed E-state index contributed by atoms with van der Waals surface area (Å²) in [7, 11) is -3.61. The van der Waals surface area contributed by atoms with Gasteiger partial charge in [0.05, 0.1) is 22.6 Å². The molecule has 6 heteroatoms. The fourth-order valence-corrected chi connectivity index (χ4v) is 2.75. The SMILES string of the molecule is Cc1ccc(C#N)cc1S(=O)(=O)NCCCC#N. The van der Waals surface area contributed by atoms with Crippen LogP contribution in [-0.2, 0) is 10.0 Å². The fourth-order valence-electron chi connectivity index (χ4n) is 1.41. The zero-order valence-electron chi connectivity index (χ0n) is 9.97. The molecule has 18 heavy (non-hydrogen) atoms. The van der Waals surface area contributed by atoms with Crippen LogP contribution in [0.15, 0.2) is 23.1 Å². The standard InChI is InChI=1S/C12H13N3O2S/c1-10-4-5-11(9-14)8-12(10)18(16,17)15-7-3-2-6-13/h4-5,8,15H,2-3,7H2,1H3. The second kappa shape index (κ2) is 6.15. The van der Waals surface area contributed by atoms with Crippen LogP contribution in [0.4, 0.5) is 0 Å². The van der Waals surface area contributed by atoms with Crippen LogP contribution in [0.3, 0.4) is 0 Å². The van der Waals surface area contributed by atoms with Crippen molar-refractivity contribution in [1.29, 1.82) is 10.5 Å². The zero-order valence-corrected chi connectivity index (χ0v) is 10.8. The minimum atomic E-state index is -3.61. The van der Waals surface area contributed by atoms with Crippen LogP contribution in [0.1, 0.15) is 24.0 Å². The summed E-state index contributed by atoms with van der Waals surface area (Å²) in [6.45, 7) is 1.89. The second-order valence-corrected chi connectivity index (χ2v) is 5.49. The molecule has 1 N–H and O–H groups in total. The van der Waals surface area contributed by atoms with E-state index in [1.54, 1.807) is 19.1 Å². The van der Waals surface area contributed by atoms with Crippen molar-refractivity contribution in [1.82, 2.24) is 4.72 Å². The maximum Gasteiger partial charge on any atom is 0.240 e. The first-order valence-electron chi connectivity index (χ1n) is 5.38. The molecule has 0 aliphatic rings. The summed E-state index contributed by atoms with van der Waals surface area (Å²) >= 11 is 0. The summed E-state index contributed by atoms with van der Waals surface area (Å²) in [6, 6.07) is 8.38. The smallest absolute Gasteiger partial charge is 0.211 e. The van der Waals surface area contributed by atoms with Crippen molar-refractivity contribution in [2.24, 2.45) is 0 Å². The van der Waals surface area contributed by atoms with Gasteiger partial charge in [0, 0.05) is 13.0 Å². The van der Waals surface area contributed by atoms with Gasteiger partial charge in [-0.3, -0.25) is 0 Å². The number of rotatable bonds is 5. The third-order valence-electron chi connectivity index (χ3n) is 2.36. The molecule has 0 amide bonds. The monoisotopic (exact) mass is 263 g/mol. The van der Waals surface area contributed by atoms with E-state index in [9.17, 15) is 8.42 Å². The van der Waals surface area contributed by atoms with Gasteiger partial charge in [-0.2, -0.15) is 10.5 Å². The molecule has 1 aromatic rings. The maximum atomic E-state index is 12.0. The molecule has 5 nitrogen and oxygen atoms in total. The molecule has 0 aromatic heterocycles.